The highest BCUT2D eigenvalue weighted by Gasteiger charge is 2.22. The van der Waals surface area contributed by atoms with Gasteiger partial charge in [-0.15, -0.1) is 0 Å². The van der Waals surface area contributed by atoms with E-state index in [1.807, 2.05) is 47.0 Å². The van der Waals surface area contributed by atoms with Gasteiger partial charge in [-0.1, -0.05) is 61.5 Å². The number of carbonyl (C=O) groups excluding carboxylic acids is 1. The molecular formula is C20H21N3O. The number of hydrogen-bond donors (Lipinski definition) is 1. The van der Waals surface area contributed by atoms with Crippen LogP contribution in [0.2, 0.25) is 0 Å². The number of primary amides is 1. The predicted molar refractivity (Wildman–Crippen MR) is 96.4 cm³/mol. The quantitative estimate of drug-likeness (QED) is 0.777. The fourth-order valence-corrected chi connectivity index (χ4v) is 2.93. The van der Waals surface area contributed by atoms with Gasteiger partial charge in [0.05, 0.1) is 17.7 Å². The number of nitrogens with zero attached hydrogens (tertiary/aromatic N) is 2. The molecule has 3 rings (SSSR count). The third-order valence-electron chi connectivity index (χ3n) is 4.32. The Morgan fingerprint density at radius 3 is 2.46 bits per heavy atom. The number of imidazole rings is 1. The molecule has 2 aromatic carbocycles. The molecule has 4 heteroatoms. The van der Waals surface area contributed by atoms with Crippen LogP contribution < -0.4 is 5.73 Å². The van der Waals surface area contributed by atoms with E-state index in [0.717, 1.165) is 28.9 Å². The minimum Gasteiger partial charge on any atom is -0.368 e. The van der Waals surface area contributed by atoms with E-state index in [0.29, 0.717) is 0 Å². The van der Waals surface area contributed by atoms with E-state index in [-0.39, 0.29) is 5.91 Å². The van der Waals surface area contributed by atoms with Gasteiger partial charge in [0, 0.05) is 11.1 Å². The van der Waals surface area contributed by atoms with Crippen LogP contribution in [0.25, 0.3) is 22.5 Å². The van der Waals surface area contributed by atoms with Gasteiger partial charge in [0.15, 0.2) is 0 Å². The molecule has 2 N–H and O–H groups in total. The summed E-state index contributed by atoms with van der Waals surface area (Å²) in [7, 11) is 0. The number of nitrogens with two attached hydrogens (primary N) is 1. The lowest BCUT2D eigenvalue weighted by atomic mass is 9.98. The molecule has 0 aliphatic rings. The van der Waals surface area contributed by atoms with Crippen molar-refractivity contribution in [2.45, 2.75) is 26.3 Å². The van der Waals surface area contributed by atoms with Gasteiger partial charge in [-0.05, 0) is 18.9 Å². The van der Waals surface area contributed by atoms with Gasteiger partial charge in [0.2, 0.25) is 5.91 Å². The number of hydrogen-bond acceptors (Lipinski definition) is 2. The van der Waals surface area contributed by atoms with Crippen molar-refractivity contribution in [1.82, 2.24) is 9.55 Å². The standard InChI is InChI=1S/C20H21N3O/c1-3-15-9-7-8-12-17(15)19-18(16-10-5-4-6-11-16)22-13-23(19)14(2)20(21)24/h4-14H,3H2,1-2H3,(H2,21,24)/t14-/m1/s1. The van der Waals surface area contributed by atoms with Crippen molar-refractivity contribution in [3.63, 3.8) is 0 Å². The summed E-state index contributed by atoms with van der Waals surface area (Å²) >= 11 is 0. The molecule has 1 aromatic heterocycles. The van der Waals surface area contributed by atoms with Crippen LogP contribution in [-0.4, -0.2) is 15.5 Å². The molecule has 0 saturated heterocycles. The summed E-state index contributed by atoms with van der Waals surface area (Å²) in [4.78, 5) is 16.4. The first kappa shape index (κ1) is 16.0. The van der Waals surface area contributed by atoms with Gasteiger partial charge >= 0.3 is 0 Å². The lowest BCUT2D eigenvalue weighted by Crippen LogP contribution is -2.24. The van der Waals surface area contributed by atoms with E-state index >= 15 is 0 Å². The number of benzene rings is 2. The fraction of sp³-hybridized carbons (Fsp3) is 0.200. The normalized spacial score (nSPS) is 12.1. The van der Waals surface area contributed by atoms with Crippen LogP contribution in [0.3, 0.4) is 0 Å². The second-order valence-corrected chi connectivity index (χ2v) is 5.80. The summed E-state index contributed by atoms with van der Waals surface area (Å²) in [5, 5.41) is 0. The summed E-state index contributed by atoms with van der Waals surface area (Å²) in [6.45, 7) is 3.93. The maximum absolute atomic E-state index is 11.8. The van der Waals surface area contributed by atoms with Gasteiger partial charge in [0.25, 0.3) is 0 Å². The Labute approximate surface area is 142 Å². The van der Waals surface area contributed by atoms with Crippen LogP contribution >= 0.6 is 0 Å². The topological polar surface area (TPSA) is 60.9 Å². The van der Waals surface area contributed by atoms with E-state index in [1.54, 1.807) is 13.3 Å². The molecular weight excluding hydrogens is 298 g/mol. The van der Waals surface area contributed by atoms with Gasteiger partial charge in [-0.2, -0.15) is 0 Å². The lowest BCUT2D eigenvalue weighted by molar-refractivity contribution is -0.120. The largest absolute Gasteiger partial charge is 0.368 e. The molecule has 0 aliphatic heterocycles. The van der Waals surface area contributed by atoms with Crippen LogP contribution in [0.5, 0.6) is 0 Å². The molecule has 24 heavy (non-hydrogen) atoms. The first-order valence-corrected chi connectivity index (χ1v) is 8.13. The van der Waals surface area contributed by atoms with Crippen molar-refractivity contribution in [2.75, 3.05) is 0 Å². The van der Waals surface area contributed by atoms with E-state index in [4.69, 9.17) is 5.73 Å². The molecule has 0 spiro atoms. The molecule has 0 unspecified atom stereocenters. The number of rotatable bonds is 5. The minimum absolute atomic E-state index is 0.373. The van der Waals surface area contributed by atoms with Crippen molar-refractivity contribution >= 4 is 5.91 Å². The first-order valence-electron chi connectivity index (χ1n) is 8.13. The zero-order chi connectivity index (χ0) is 17.1. The average molecular weight is 319 g/mol. The average Bonchev–Trinajstić information content (AvgIpc) is 3.06. The number of aromatic nitrogens is 2. The molecule has 3 aromatic rings. The van der Waals surface area contributed by atoms with Gasteiger partial charge in [-0.25, -0.2) is 4.98 Å². The highest BCUT2D eigenvalue weighted by Crippen LogP contribution is 2.35. The zero-order valence-corrected chi connectivity index (χ0v) is 13.9. The minimum atomic E-state index is -0.463. The summed E-state index contributed by atoms with van der Waals surface area (Å²) < 4.78 is 1.87. The number of carbonyl (C=O) groups is 1. The molecule has 1 heterocycles. The molecule has 1 amide bonds. The van der Waals surface area contributed by atoms with E-state index in [9.17, 15) is 4.79 Å². The number of aryl methyl sites for hydroxylation is 1. The van der Waals surface area contributed by atoms with E-state index < -0.39 is 6.04 Å². The molecule has 0 fully saturated rings. The van der Waals surface area contributed by atoms with Crippen LogP contribution in [0.15, 0.2) is 60.9 Å². The Hall–Kier alpha value is -2.88. The van der Waals surface area contributed by atoms with Crippen LogP contribution in [-0.2, 0) is 11.2 Å². The second kappa shape index (κ2) is 6.71. The molecule has 0 radical (unpaired) electrons. The Bertz CT molecular complexity index is 852. The van der Waals surface area contributed by atoms with E-state index in [2.05, 4.69) is 24.0 Å². The highest BCUT2D eigenvalue weighted by atomic mass is 16.1. The smallest absolute Gasteiger partial charge is 0.240 e. The Balaban J connectivity index is 2.28. The predicted octanol–water partition coefficient (Wildman–Crippen LogP) is 3.83. The van der Waals surface area contributed by atoms with Crippen molar-refractivity contribution in [3.05, 3.63) is 66.5 Å². The van der Waals surface area contributed by atoms with Crippen molar-refractivity contribution < 1.29 is 4.79 Å². The third kappa shape index (κ3) is 2.83. The Morgan fingerprint density at radius 2 is 1.79 bits per heavy atom. The van der Waals surface area contributed by atoms with Crippen LogP contribution in [0.1, 0.15) is 25.5 Å². The summed E-state index contributed by atoms with van der Waals surface area (Å²) in [6, 6.07) is 17.8. The van der Waals surface area contributed by atoms with E-state index in [1.165, 1.54) is 5.56 Å². The molecule has 1 atom stereocenters. The molecule has 0 saturated carbocycles. The van der Waals surface area contributed by atoms with Gasteiger partial charge < -0.3 is 10.3 Å². The van der Waals surface area contributed by atoms with Gasteiger partial charge in [-0.3, -0.25) is 4.79 Å². The summed E-state index contributed by atoms with van der Waals surface area (Å²) in [6.07, 6.45) is 2.61. The fourth-order valence-electron chi connectivity index (χ4n) is 2.93. The Kier molecular flexibility index (Phi) is 4.47. The number of amides is 1. The first-order chi connectivity index (χ1) is 11.6. The lowest BCUT2D eigenvalue weighted by Gasteiger charge is -2.17. The molecule has 0 aliphatic carbocycles. The maximum atomic E-state index is 11.8. The SMILES string of the molecule is CCc1ccccc1-c1c(-c2ccccc2)ncn1[C@H](C)C(N)=O. The van der Waals surface area contributed by atoms with Crippen LogP contribution in [0, 0.1) is 0 Å². The molecule has 0 bridgehead atoms. The Morgan fingerprint density at radius 1 is 1.12 bits per heavy atom. The van der Waals surface area contributed by atoms with Gasteiger partial charge in [0.1, 0.15) is 6.04 Å². The third-order valence-corrected chi connectivity index (χ3v) is 4.32. The van der Waals surface area contributed by atoms with Crippen molar-refractivity contribution in [1.29, 1.82) is 0 Å². The molecule has 122 valence electrons. The molecule has 4 nitrogen and oxygen atoms in total. The zero-order valence-electron chi connectivity index (χ0n) is 13.9. The maximum Gasteiger partial charge on any atom is 0.240 e. The second-order valence-electron chi connectivity index (χ2n) is 5.80. The monoisotopic (exact) mass is 319 g/mol. The van der Waals surface area contributed by atoms with Crippen LogP contribution in [0.4, 0.5) is 0 Å². The summed E-state index contributed by atoms with van der Waals surface area (Å²) in [5.41, 5.74) is 10.7. The van der Waals surface area contributed by atoms with Crippen molar-refractivity contribution in [2.24, 2.45) is 5.73 Å². The van der Waals surface area contributed by atoms with Crippen molar-refractivity contribution in [3.8, 4) is 22.5 Å². The highest BCUT2D eigenvalue weighted by molar-refractivity contribution is 5.84. The summed E-state index contributed by atoms with van der Waals surface area (Å²) in [5.74, 6) is -0.373.